The maximum Gasteiger partial charge on any atom is 0.0576 e. The van der Waals surface area contributed by atoms with Gasteiger partial charge in [-0.05, 0) is 64.2 Å². The van der Waals surface area contributed by atoms with Gasteiger partial charge in [-0.1, -0.05) is 0 Å². The van der Waals surface area contributed by atoms with Gasteiger partial charge in [-0.2, -0.15) is 11.8 Å². The van der Waals surface area contributed by atoms with Gasteiger partial charge in [0, 0.05) is 17.9 Å². The van der Waals surface area contributed by atoms with Gasteiger partial charge in [0.2, 0.25) is 0 Å². The Morgan fingerprint density at radius 3 is 2.65 bits per heavy atom. The first-order valence-electron chi connectivity index (χ1n) is 7.26. The molecule has 3 heteroatoms. The predicted molar refractivity (Wildman–Crippen MR) is 75.8 cm³/mol. The van der Waals surface area contributed by atoms with E-state index in [0.717, 1.165) is 17.9 Å². The van der Waals surface area contributed by atoms with Crippen molar-refractivity contribution < 1.29 is 4.74 Å². The Morgan fingerprint density at radius 1 is 1.18 bits per heavy atom. The van der Waals surface area contributed by atoms with Crippen molar-refractivity contribution in [2.45, 2.75) is 68.8 Å². The summed E-state index contributed by atoms with van der Waals surface area (Å²) in [7, 11) is 0. The zero-order valence-corrected chi connectivity index (χ0v) is 11.9. The van der Waals surface area contributed by atoms with E-state index in [2.05, 4.69) is 11.6 Å². The maximum absolute atomic E-state index is 5.64. The lowest BCUT2D eigenvalue weighted by atomic mass is 9.95. The van der Waals surface area contributed by atoms with Crippen molar-refractivity contribution in [1.82, 2.24) is 5.32 Å². The molecule has 0 radical (unpaired) electrons. The van der Waals surface area contributed by atoms with Gasteiger partial charge in [0.25, 0.3) is 0 Å². The number of hydrogen-bond acceptors (Lipinski definition) is 3. The van der Waals surface area contributed by atoms with Crippen LogP contribution in [0.15, 0.2) is 0 Å². The summed E-state index contributed by atoms with van der Waals surface area (Å²) >= 11 is 2.05. The fourth-order valence-corrected chi connectivity index (χ4v) is 3.75. The van der Waals surface area contributed by atoms with Crippen LogP contribution in [0.4, 0.5) is 0 Å². The number of hydrogen-bond donors (Lipinski definition) is 1. The highest BCUT2D eigenvalue weighted by atomic mass is 32.2. The van der Waals surface area contributed by atoms with E-state index in [0.29, 0.717) is 6.10 Å². The summed E-state index contributed by atoms with van der Waals surface area (Å²) in [6.45, 7) is 2.19. The molecule has 0 aromatic rings. The summed E-state index contributed by atoms with van der Waals surface area (Å²) in [5.74, 6) is 0. The molecular formula is C14H27NOS. The Kier molecular flexibility index (Phi) is 6.16. The summed E-state index contributed by atoms with van der Waals surface area (Å²) in [6, 6.07) is 0.794. The van der Waals surface area contributed by atoms with Crippen LogP contribution in [-0.4, -0.2) is 36.8 Å². The number of nitrogens with one attached hydrogen (secondary N) is 1. The number of thioether (sulfide) groups is 1. The largest absolute Gasteiger partial charge is 0.378 e. The Labute approximate surface area is 110 Å². The molecule has 1 unspecified atom stereocenters. The Balaban J connectivity index is 1.48. The van der Waals surface area contributed by atoms with Crippen molar-refractivity contribution >= 4 is 11.8 Å². The van der Waals surface area contributed by atoms with Gasteiger partial charge in [0.15, 0.2) is 0 Å². The summed E-state index contributed by atoms with van der Waals surface area (Å²) in [6.07, 6.45) is 13.5. The van der Waals surface area contributed by atoms with Gasteiger partial charge in [0.1, 0.15) is 0 Å². The third-order valence-corrected chi connectivity index (χ3v) is 5.31. The molecule has 100 valence electrons. The predicted octanol–water partition coefficient (Wildman–Crippen LogP) is 3.21. The van der Waals surface area contributed by atoms with Crippen LogP contribution < -0.4 is 5.32 Å². The topological polar surface area (TPSA) is 21.3 Å². The molecule has 0 spiro atoms. The quantitative estimate of drug-likeness (QED) is 0.738. The molecule has 1 N–H and O–H groups in total. The van der Waals surface area contributed by atoms with Crippen molar-refractivity contribution in [1.29, 1.82) is 0 Å². The van der Waals surface area contributed by atoms with Gasteiger partial charge in [-0.15, -0.1) is 0 Å². The molecule has 1 saturated heterocycles. The van der Waals surface area contributed by atoms with Crippen LogP contribution in [0.1, 0.15) is 51.4 Å². The van der Waals surface area contributed by atoms with E-state index >= 15 is 0 Å². The average Bonchev–Trinajstić information content (AvgIpc) is 2.88. The molecule has 1 atom stereocenters. The molecule has 0 aromatic heterocycles. The van der Waals surface area contributed by atoms with Gasteiger partial charge >= 0.3 is 0 Å². The van der Waals surface area contributed by atoms with Crippen molar-refractivity contribution in [2.24, 2.45) is 0 Å². The SMILES string of the molecule is CSC1CCC(NCCCC2CCCO2)CC1. The second-order valence-corrected chi connectivity index (χ2v) is 6.58. The molecule has 1 aliphatic heterocycles. The first-order chi connectivity index (χ1) is 8.38. The van der Waals surface area contributed by atoms with E-state index in [1.165, 1.54) is 57.9 Å². The summed E-state index contributed by atoms with van der Waals surface area (Å²) < 4.78 is 5.64. The van der Waals surface area contributed by atoms with Crippen molar-refractivity contribution in [3.8, 4) is 0 Å². The van der Waals surface area contributed by atoms with Crippen LogP contribution in [0.25, 0.3) is 0 Å². The van der Waals surface area contributed by atoms with Crippen LogP contribution in [0, 0.1) is 0 Å². The number of ether oxygens (including phenoxy) is 1. The van der Waals surface area contributed by atoms with Crippen LogP contribution >= 0.6 is 11.8 Å². The normalized spacial score (nSPS) is 34.1. The monoisotopic (exact) mass is 257 g/mol. The van der Waals surface area contributed by atoms with E-state index in [-0.39, 0.29) is 0 Å². The molecule has 0 aromatic carbocycles. The summed E-state index contributed by atoms with van der Waals surface area (Å²) in [4.78, 5) is 0. The second kappa shape index (κ2) is 7.65. The Morgan fingerprint density at radius 2 is 2.00 bits per heavy atom. The summed E-state index contributed by atoms with van der Waals surface area (Å²) in [5.41, 5.74) is 0. The smallest absolute Gasteiger partial charge is 0.0576 e. The van der Waals surface area contributed by atoms with Gasteiger partial charge < -0.3 is 10.1 Å². The van der Waals surface area contributed by atoms with E-state index in [9.17, 15) is 0 Å². The van der Waals surface area contributed by atoms with Gasteiger partial charge in [-0.25, -0.2) is 0 Å². The molecule has 0 bridgehead atoms. The Bertz CT molecular complexity index is 198. The lowest BCUT2D eigenvalue weighted by Crippen LogP contribution is -2.34. The highest BCUT2D eigenvalue weighted by Crippen LogP contribution is 2.26. The molecule has 1 heterocycles. The van der Waals surface area contributed by atoms with Gasteiger partial charge in [-0.3, -0.25) is 0 Å². The fraction of sp³-hybridized carbons (Fsp3) is 1.00. The standard InChI is InChI=1S/C14H27NOS/c1-17-14-8-6-12(7-9-14)15-10-2-4-13-5-3-11-16-13/h12-15H,2-11H2,1H3. The van der Waals surface area contributed by atoms with Crippen LogP contribution in [0.3, 0.4) is 0 Å². The van der Waals surface area contributed by atoms with Crippen LogP contribution in [0.5, 0.6) is 0 Å². The van der Waals surface area contributed by atoms with Crippen molar-refractivity contribution in [3.05, 3.63) is 0 Å². The van der Waals surface area contributed by atoms with Crippen molar-refractivity contribution in [3.63, 3.8) is 0 Å². The highest BCUT2D eigenvalue weighted by molar-refractivity contribution is 7.99. The lowest BCUT2D eigenvalue weighted by molar-refractivity contribution is 0.102. The fourth-order valence-electron chi connectivity index (χ4n) is 3.01. The summed E-state index contributed by atoms with van der Waals surface area (Å²) in [5, 5.41) is 4.66. The minimum atomic E-state index is 0.573. The van der Waals surface area contributed by atoms with E-state index < -0.39 is 0 Å². The molecule has 0 amide bonds. The average molecular weight is 257 g/mol. The molecule has 2 rings (SSSR count). The molecule has 2 aliphatic rings. The minimum absolute atomic E-state index is 0.573. The number of rotatable bonds is 6. The second-order valence-electron chi connectivity index (χ2n) is 5.44. The van der Waals surface area contributed by atoms with Crippen LogP contribution in [0.2, 0.25) is 0 Å². The molecule has 17 heavy (non-hydrogen) atoms. The minimum Gasteiger partial charge on any atom is -0.378 e. The third-order valence-electron chi connectivity index (χ3n) is 4.17. The highest BCUT2D eigenvalue weighted by Gasteiger charge is 2.20. The zero-order chi connectivity index (χ0) is 11.9. The Hall–Kier alpha value is 0.270. The zero-order valence-electron chi connectivity index (χ0n) is 11.1. The lowest BCUT2D eigenvalue weighted by Gasteiger charge is -2.28. The van der Waals surface area contributed by atoms with Crippen LogP contribution in [-0.2, 0) is 4.74 Å². The van der Waals surface area contributed by atoms with Gasteiger partial charge in [0.05, 0.1) is 6.10 Å². The molecule has 2 fully saturated rings. The molecular weight excluding hydrogens is 230 g/mol. The molecule has 1 saturated carbocycles. The maximum atomic E-state index is 5.64. The molecule has 2 nitrogen and oxygen atoms in total. The van der Waals surface area contributed by atoms with E-state index in [1.54, 1.807) is 0 Å². The van der Waals surface area contributed by atoms with E-state index in [1.807, 2.05) is 11.8 Å². The van der Waals surface area contributed by atoms with Crippen molar-refractivity contribution in [2.75, 3.05) is 19.4 Å². The first-order valence-corrected chi connectivity index (χ1v) is 8.55. The molecule has 1 aliphatic carbocycles. The van der Waals surface area contributed by atoms with E-state index in [4.69, 9.17) is 4.74 Å². The third kappa shape index (κ3) is 4.80. The first kappa shape index (κ1) is 13.7.